The van der Waals surface area contributed by atoms with E-state index >= 15 is 0 Å². The van der Waals surface area contributed by atoms with Crippen molar-refractivity contribution < 1.29 is 10.0 Å². The number of phenols is 1. The predicted molar refractivity (Wildman–Crippen MR) is 57.2 cm³/mol. The van der Waals surface area contributed by atoms with E-state index in [0.29, 0.717) is 5.56 Å². The van der Waals surface area contributed by atoms with Crippen LogP contribution in [-0.2, 0) is 0 Å². The lowest BCUT2D eigenvalue weighted by atomic mass is 10.1. The maximum Gasteiger partial charge on any atom is 0.294 e. The van der Waals surface area contributed by atoms with Crippen molar-refractivity contribution in [1.29, 1.82) is 0 Å². The zero-order chi connectivity index (χ0) is 10.7. The molecule has 0 unspecified atom stereocenters. The molecule has 0 amide bonds. The fourth-order valence-corrected chi connectivity index (χ4v) is 1.57. The van der Waals surface area contributed by atoms with E-state index in [1.165, 1.54) is 12.1 Å². The minimum Gasteiger partial charge on any atom is -0.507 e. The molecule has 0 spiro atoms. The second-order valence-electron chi connectivity index (χ2n) is 2.59. The summed E-state index contributed by atoms with van der Waals surface area (Å²) in [6.07, 6.45) is 3.31. The van der Waals surface area contributed by atoms with Crippen molar-refractivity contribution in [3.05, 3.63) is 38.4 Å². The third-order valence-corrected chi connectivity index (χ3v) is 2.44. The van der Waals surface area contributed by atoms with Crippen molar-refractivity contribution in [1.82, 2.24) is 0 Å². The van der Waals surface area contributed by atoms with Gasteiger partial charge in [-0.3, -0.25) is 10.1 Å². The number of allylic oxidation sites excluding steroid dienone is 1. The smallest absolute Gasteiger partial charge is 0.294 e. The molecule has 1 aromatic carbocycles. The number of aromatic hydroxyl groups is 1. The van der Waals surface area contributed by atoms with Gasteiger partial charge in [0.2, 0.25) is 0 Å². The number of hydrogen-bond acceptors (Lipinski definition) is 3. The first-order valence-corrected chi connectivity index (χ1v) is 4.65. The molecular weight excluding hydrogens is 250 g/mol. The quantitative estimate of drug-likeness (QED) is 0.654. The summed E-state index contributed by atoms with van der Waals surface area (Å²) in [5.41, 5.74) is 0.338. The second-order valence-corrected chi connectivity index (χ2v) is 3.39. The molecule has 1 aromatic rings. The van der Waals surface area contributed by atoms with Crippen molar-refractivity contribution in [2.75, 3.05) is 0 Å². The van der Waals surface area contributed by atoms with Gasteiger partial charge in [0.25, 0.3) is 5.69 Å². The molecule has 0 saturated heterocycles. The minimum atomic E-state index is -0.529. The molecule has 5 heteroatoms. The lowest BCUT2D eigenvalue weighted by molar-refractivity contribution is -0.385. The van der Waals surface area contributed by atoms with Gasteiger partial charge in [-0.1, -0.05) is 12.2 Å². The second kappa shape index (κ2) is 4.23. The predicted octanol–water partition coefficient (Wildman–Crippen LogP) is 3.10. The molecule has 0 aliphatic carbocycles. The van der Waals surface area contributed by atoms with Gasteiger partial charge in [-0.25, -0.2) is 0 Å². The minimum absolute atomic E-state index is 0.109. The van der Waals surface area contributed by atoms with Gasteiger partial charge >= 0.3 is 0 Å². The molecule has 0 aliphatic heterocycles. The molecule has 1 rings (SSSR count). The van der Waals surface area contributed by atoms with Crippen LogP contribution in [0.4, 0.5) is 5.69 Å². The van der Waals surface area contributed by atoms with Gasteiger partial charge < -0.3 is 5.11 Å². The van der Waals surface area contributed by atoms with Crippen molar-refractivity contribution >= 4 is 27.7 Å². The summed E-state index contributed by atoms with van der Waals surface area (Å²) in [4.78, 5) is 10.2. The topological polar surface area (TPSA) is 63.4 Å². The van der Waals surface area contributed by atoms with Crippen LogP contribution in [0.15, 0.2) is 22.7 Å². The number of rotatable bonds is 2. The van der Waals surface area contributed by atoms with Crippen molar-refractivity contribution in [3.63, 3.8) is 0 Å². The first-order valence-electron chi connectivity index (χ1n) is 3.86. The highest BCUT2D eigenvalue weighted by Crippen LogP contribution is 2.36. The van der Waals surface area contributed by atoms with Crippen LogP contribution in [0.2, 0.25) is 0 Å². The Hall–Kier alpha value is -1.36. The number of nitro benzene ring substituents is 1. The van der Waals surface area contributed by atoms with Crippen LogP contribution in [-0.4, -0.2) is 10.0 Å². The first kappa shape index (κ1) is 10.7. The third kappa shape index (κ3) is 1.93. The molecule has 0 aromatic heterocycles. The first-order chi connectivity index (χ1) is 6.57. The average Bonchev–Trinajstić information content (AvgIpc) is 2.11. The third-order valence-electron chi connectivity index (χ3n) is 1.66. The molecule has 0 aliphatic rings. The number of halogens is 1. The summed E-state index contributed by atoms with van der Waals surface area (Å²) in [7, 11) is 0. The maximum absolute atomic E-state index is 10.7. The van der Waals surface area contributed by atoms with Gasteiger partial charge in [-0.2, -0.15) is 0 Å². The summed E-state index contributed by atoms with van der Waals surface area (Å²) in [5.74, 6) is -0.134. The van der Waals surface area contributed by atoms with Crippen molar-refractivity contribution in [2.45, 2.75) is 6.92 Å². The number of benzene rings is 1. The van der Waals surface area contributed by atoms with E-state index in [2.05, 4.69) is 15.9 Å². The van der Waals surface area contributed by atoms with E-state index in [0.717, 1.165) is 0 Å². The van der Waals surface area contributed by atoms with Crippen LogP contribution in [0.5, 0.6) is 5.75 Å². The molecule has 0 saturated carbocycles. The Labute approximate surface area is 89.2 Å². The number of phenolic OH excluding ortho intramolecular Hbond substituents is 1. The van der Waals surface area contributed by atoms with E-state index in [9.17, 15) is 15.2 Å². The average molecular weight is 258 g/mol. The lowest BCUT2D eigenvalue weighted by Crippen LogP contribution is -1.93. The maximum atomic E-state index is 10.7. The van der Waals surface area contributed by atoms with E-state index in [1.54, 1.807) is 19.1 Å². The fourth-order valence-electron chi connectivity index (χ4n) is 1.07. The number of hydrogen-bond donors (Lipinski definition) is 1. The van der Waals surface area contributed by atoms with Crippen LogP contribution in [0, 0.1) is 10.1 Å². The molecular formula is C9H8BrNO3. The molecule has 0 radical (unpaired) electrons. The lowest BCUT2D eigenvalue weighted by Gasteiger charge is -2.01. The Balaban J connectivity index is 3.45. The van der Waals surface area contributed by atoms with Crippen molar-refractivity contribution in [2.24, 2.45) is 0 Å². The van der Waals surface area contributed by atoms with Crippen LogP contribution >= 0.6 is 15.9 Å². The molecule has 4 nitrogen and oxygen atoms in total. The summed E-state index contributed by atoms with van der Waals surface area (Å²) in [6, 6.07) is 2.91. The molecule has 0 bridgehead atoms. The number of nitrogens with zero attached hydrogens (tertiary/aromatic N) is 1. The van der Waals surface area contributed by atoms with Crippen LogP contribution in [0.1, 0.15) is 12.5 Å². The zero-order valence-electron chi connectivity index (χ0n) is 7.40. The largest absolute Gasteiger partial charge is 0.507 e. The highest BCUT2D eigenvalue weighted by atomic mass is 79.9. The van der Waals surface area contributed by atoms with Gasteiger partial charge in [0.05, 0.1) is 10.5 Å². The van der Waals surface area contributed by atoms with E-state index in [-0.39, 0.29) is 15.9 Å². The van der Waals surface area contributed by atoms with E-state index < -0.39 is 4.92 Å². The molecule has 0 atom stereocenters. The van der Waals surface area contributed by atoms with Gasteiger partial charge in [-0.05, 0) is 35.0 Å². The van der Waals surface area contributed by atoms with Crippen LogP contribution in [0.25, 0.3) is 6.08 Å². The SMILES string of the molecule is CC=Cc1ccc(O)c(Br)c1[N+](=O)[O-]. The Morgan fingerprint density at radius 1 is 1.57 bits per heavy atom. The van der Waals surface area contributed by atoms with Gasteiger partial charge in [0.15, 0.2) is 0 Å². The van der Waals surface area contributed by atoms with Gasteiger partial charge in [0, 0.05) is 0 Å². The Kier molecular flexibility index (Phi) is 3.24. The van der Waals surface area contributed by atoms with Crippen LogP contribution in [0.3, 0.4) is 0 Å². The normalized spacial score (nSPS) is 10.7. The van der Waals surface area contributed by atoms with Crippen molar-refractivity contribution in [3.8, 4) is 5.75 Å². The Bertz CT molecular complexity index is 401. The number of nitro groups is 1. The summed E-state index contributed by atoms with van der Waals surface area (Å²) in [6.45, 7) is 1.77. The molecule has 1 N–H and O–H groups in total. The summed E-state index contributed by atoms with van der Waals surface area (Å²) in [5, 5.41) is 20.0. The molecule has 0 fully saturated rings. The van der Waals surface area contributed by atoms with E-state index in [4.69, 9.17) is 0 Å². The van der Waals surface area contributed by atoms with Gasteiger partial charge in [0.1, 0.15) is 10.2 Å². The molecule has 0 heterocycles. The summed E-state index contributed by atoms with van der Waals surface area (Å²) >= 11 is 2.98. The molecule has 74 valence electrons. The van der Waals surface area contributed by atoms with E-state index in [1.807, 2.05) is 0 Å². The Morgan fingerprint density at radius 2 is 2.21 bits per heavy atom. The highest BCUT2D eigenvalue weighted by Gasteiger charge is 2.19. The Morgan fingerprint density at radius 3 is 2.71 bits per heavy atom. The standard InChI is InChI=1S/C9H8BrNO3/c1-2-3-6-4-5-7(12)8(10)9(6)11(13)14/h2-5,12H,1H3. The molecule has 14 heavy (non-hydrogen) atoms. The fraction of sp³-hybridized carbons (Fsp3) is 0.111. The highest BCUT2D eigenvalue weighted by molar-refractivity contribution is 9.10. The summed E-state index contributed by atoms with van der Waals surface area (Å²) < 4.78 is 0.109. The zero-order valence-corrected chi connectivity index (χ0v) is 8.98. The monoisotopic (exact) mass is 257 g/mol. The van der Waals surface area contributed by atoms with Gasteiger partial charge in [-0.15, -0.1) is 0 Å². The van der Waals surface area contributed by atoms with Crippen LogP contribution < -0.4 is 0 Å².